The predicted molar refractivity (Wildman–Crippen MR) is 141 cm³/mol. The van der Waals surface area contributed by atoms with Crippen LogP contribution in [0.4, 0.5) is 20.6 Å². The topological polar surface area (TPSA) is 97.4 Å². The van der Waals surface area contributed by atoms with E-state index < -0.39 is 6.09 Å². The fourth-order valence-corrected chi connectivity index (χ4v) is 5.00. The molecular formula is C27H36FN5O4. The largest absolute Gasteiger partial charge is 0.494 e. The summed E-state index contributed by atoms with van der Waals surface area (Å²) in [6.07, 6.45) is 0.781. The number of likely N-dealkylation sites (tertiary alicyclic amines) is 1. The van der Waals surface area contributed by atoms with Crippen molar-refractivity contribution in [2.24, 2.45) is 0 Å². The Morgan fingerprint density at radius 3 is 2.41 bits per heavy atom. The normalized spacial score (nSPS) is 18.9. The van der Waals surface area contributed by atoms with E-state index in [0.29, 0.717) is 26.2 Å². The second-order valence-corrected chi connectivity index (χ2v) is 9.76. The molecule has 2 amide bonds. The van der Waals surface area contributed by atoms with E-state index in [9.17, 15) is 19.1 Å². The molecule has 0 aliphatic carbocycles. The predicted octanol–water partition coefficient (Wildman–Crippen LogP) is 3.53. The van der Waals surface area contributed by atoms with Crippen LogP contribution in [0.3, 0.4) is 0 Å². The summed E-state index contributed by atoms with van der Waals surface area (Å²) in [5, 5.41) is 15.9. The van der Waals surface area contributed by atoms with Crippen molar-refractivity contribution in [1.29, 1.82) is 0 Å². The van der Waals surface area contributed by atoms with Crippen LogP contribution >= 0.6 is 0 Å². The highest BCUT2D eigenvalue weighted by Crippen LogP contribution is 2.24. The maximum absolute atomic E-state index is 13.6. The van der Waals surface area contributed by atoms with Crippen molar-refractivity contribution in [2.45, 2.75) is 38.4 Å². The van der Waals surface area contributed by atoms with Gasteiger partial charge in [0.05, 0.1) is 13.7 Å². The number of piperidine rings is 1. The van der Waals surface area contributed by atoms with Crippen molar-refractivity contribution in [3.05, 3.63) is 53.8 Å². The minimum atomic E-state index is -0.857. The zero-order valence-electron chi connectivity index (χ0n) is 21.5. The van der Waals surface area contributed by atoms with E-state index in [1.54, 1.807) is 12.1 Å². The standard InChI is InChI=1S/C27H36FN5O4/c1-19-17-31(13-14-33(19)27(35)36)18-20-3-5-21(6-4-20)29-16-26(34)32-11-9-22(10-12-32)30-23-7-8-24(28)25(15-23)37-2/h3-8,15,19,22,29-30H,9-14,16-18H2,1-2H3,(H,35,36)/t19-/m0/s1. The van der Waals surface area contributed by atoms with E-state index >= 15 is 0 Å². The van der Waals surface area contributed by atoms with Crippen LogP contribution in [-0.2, 0) is 11.3 Å². The maximum atomic E-state index is 13.6. The molecule has 2 aliphatic heterocycles. The number of nitrogens with one attached hydrogen (secondary N) is 2. The zero-order valence-corrected chi connectivity index (χ0v) is 21.5. The van der Waals surface area contributed by atoms with Gasteiger partial charge in [0.1, 0.15) is 0 Å². The van der Waals surface area contributed by atoms with Crippen molar-refractivity contribution >= 4 is 23.4 Å². The first-order valence-electron chi connectivity index (χ1n) is 12.7. The number of ether oxygens (including phenoxy) is 1. The molecule has 0 unspecified atom stereocenters. The molecule has 2 aliphatic rings. The molecule has 2 heterocycles. The molecule has 2 saturated heterocycles. The van der Waals surface area contributed by atoms with Crippen LogP contribution in [0.15, 0.2) is 42.5 Å². The summed E-state index contributed by atoms with van der Waals surface area (Å²) in [7, 11) is 1.45. The number of halogens is 1. The molecule has 10 heteroatoms. The minimum Gasteiger partial charge on any atom is -0.494 e. The van der Waals surface area contributed by atoms with Gasteiger partial charge in [0.2, 0.25) is 5.91 Å². The number of anilines is 2. The Kier molecular flexibility index (Phi) is 8.70. The number of carboxylic acid groups (broad SMARTS) is 1. The Bertz CT molecular complexity index is 1070. The van der Waals surface area contributed by atoms with Gasteiger partial charge in [-0.2, -0.15) is 0 Å². The van der Waals surface area contributed by atoms with Crippen molar-refractivity contribution in [3.8, 4) is 5.75 Å². The first kappa shape index (κ1) is 26.5. The van der Waals surface area contributed by atoms with Gasteiger partial charge in [0, 0.05) is 68.8 Å². The van der Waals surface area contributed by atoms with Gasteiger partial charge in [-0.1, -0.05) is 12.1 Å². The lowest BCUT2D eigenvalue weighted by Gasteiger charge is -2.38. The summed E-state index contributed by atoms with van der Waals surface area (Å²) < 4.78 is 18.7. The molecule has 0 saturated carbocycles. The Hall–Kier alpha value is -3.53. The number of carbonyl (C=O) groups is 2. The molecule has 2 aromatic rings. The summed E-state index contributed by atoms with van der Waals surface area (Å²) >= 11 is 0. The van der Waals surface area contributed by atoms with Crippen LogP contribution in [-0.4, -0.2) is 90.3 Å². The van der Waals surface area contributed by atoms with Crippen LogP contribution in [0.5, 0.6) is 5.75 Å². The monoisotopic (exact) mass is 513 g/mol. The van der Waals surface area contributed by atoms with Crippen molar-refractivity contribution in [1.82, 2.24) is 14.7 Å². The molecular weight excluding hydrogens is 477 g/mol. The van der Waals surface area contributed by atoms with Crippen LogP contribution in [0, 0.1) is 5.82 Å². The van der Waals surface area contributed by atoms with Crippen LogP contribution < -0.4 is 15.4 Å². The highest BCUT2D eigenvalue weighted by atomic mass is 19.1. The van der Waals surface area contributed by atoms with Crippen LogP contribution in [0.25, 0.3) is 0 Å². The van der Waals surface area contributed by atoms with Gasteiger partial charge >= 0.3 is 6.09 Å². The zero-order chi connectivity index (χ0) is 26.4. The average molecular weight is 514 g/mol. The summed E-state index contributed by atoms with van der Waals surface area (Å²) in [5.74, 6) is -0.109. The summed E-state index contributed by atoms with van der Waals surface area (Å²) in [6.45, 7) is 6.23. The van der Waals surface area contributed by atoms with Gasteiger partial charge in [-0.3, -0.25) is 9.69 Å². The number of piperazine rings is 1. The highest BCUT2D eigenvalue weighted by molar-refractivity contribution is 5.81. The lowest BCUT2D eigenvalue weighted by atomic mass is 10.0. The molecule has 9 nitrogen and oxygen atoms in total. The Balaban J connectivity index is 1.18. The first-order valence-corrected chi connectivity index (χ1v) is 12.7. The molecule has 4 rings (SSSR count). The van der Waals surface area contributed by atoms with Gasteiger partial charge in [0.25, 0.3) is 0 Å². The second kappa shape index (κ2) is 12.1. The number of nitrogens with zero attached hydrogens (tertiary/aromatic N) is 3. The van der Waals surface area contributed by atoms with Crippen LogP contribution in [0.2, 0.25) is 0 Å². The third-order valence-corrected chi connectivity index (χ3v) is 7.13. The lowest BCUT2D eigenvalue weighted by Crippen LogP contribution is -2.53. The molecule has 200 valence electrons. The van der Waals surface area contributed by atoms with Gasteiger partial charge < -0.3 is 30.3 Å². The molecule has 0 aromatic heterocycles. The molecule has 2 fully saturated rings. The number of hydrogen-bond acceptors (Lipinski definition) is 6. The van der Waals surface area contributed by atoms with E-state index in [4.69, 9.17) is 4.74 Å². The smallest absolute Gasteiger partial charge is 0.407 e. The third kappa shape index (κ3) is 7.03. The fourth-order valence-electron chi connectivity index (χ4n) is 5.00. The van der Waals surface area contributed by atoms with E-state index in [-0.39, 0.29) is 36.1 Å². The van der Waals surface area contributed by atoms with Gasteiger partial charge in [-0.05, 0) is 49.6 Å². The molecule has 1 atom stereocenters. The number of rotatable bonds is 8. The second-order valence-electron chi connectivity index (χ2n) is 9.76. The van der Waals surface area contributed by atoms with E-state index in [0.717, 1.165) is 42.9 Å². The molecule has 37 heavy (non-hydrogen) atoms. The fraction of sp³-hybridized carbons (Fsp3) is 0.481. The molecule has 3 N–H and O–H groups in total. The Morgan fingerprint density at radius 2 is 1.76 bits per heavy atom. The highest BCUT2D eigenvalue weighted by Gasteiger charge is 2.27. The summed E-state index contributed by atoms with van der Waals surface area (Å²) in [4.78, 5) is 29.6. The lowest BCUT2D eigenvalue weighted by molar-refractivity contribution is -0.130. The minimum absolute atomic E-state index is 0.0227. The van der Waals surface area contributed by atoms with Gasteiger partial charge in [-0.25, -0.2) is 9.18 Å². The van der Waals surface area contributed by atoms with Crippen molar-refractivity contribution in [3.63, 3.8) is 0 Å². The van der Waals surface area contributed by atoms with Crippen molar-refractivity contribution < 1.29 is 23.8 Å². The molecule has 0 bridgehead atoms. The number of benzene rings is 2. The number of amides is 2. The SMILES string of the molecule is COc1cc(NC2CCN(C(=O)CNc3ccc(CN4CCN(C(=O)O)[C@@H](C)C4)cc3)CC2)ccc1F. The van der Waals surface area contributed by atoms with Gasteiger partial charge in [0.15, 0.2) is 11.6 Å². The quantitative estimate of drug-likeness (QED) is 0.497. The summed E-state index contributed by atoms with van der Waals surface area (Å²) in [6, 6.07) is 13.0. The van der Waals surface area contributed by atoms with E-state index in [1.807, 2.05) is 36.1 Å². The molecule has 0 radical (unpaired) electrons. The Morgan fingerprint density at radius 1 is 1.05 bits per heavy atom. The van der Waals surface area contributed by atoms with Crippen molar-refractivity contribution in [2.75, 3.05) is 57.0 Å². The maximum Gasteiger partial charge on any atom is 0.407 e. The Labute approximate surface area is 217 Å². The third-order valence-electron chi connectivity index (χ3n) is 7.13. The van der Waals surface area contributed by atoms with E-state index in [1.165, 1.54) is 18.1 Å². The van der Waals surface area contributed by atoms with Crippen LogP contribution in [0.1, 0.15) is 25.3 Å². The number of hydrogen-bond donors (Lipinski definition) is 3. The average Bonchev–Trinajstić information content (AvgIpc) is 2.89. The molecule has 2 aromatic carbocycles. The molecule has 0 spiro atoms. The van der Waals surface area contributed by atoms with E-state index in [2.05, 4.69) is 15.5 Å². The summed E-state index contributed by atoms with van der Waals surface area (Å²) in [5.41, 5.74) is 2.86. The first-order chi connectivity index (χ1) is 17.8. The number of carbonyl (C=O) groups excluding carboxylic acids is 1. The van der Waals surface area contributed by atoms with Gasteiger partial charge in [-0.15, -0.1) is 0 Å². The number of methoxy groups -OCH3 is 1.